The fourth-order valence-corrected chi connectivity index (χ4v) is 4.88. The number of hydrogen-bond donors (Lipinski definition) is 0. The van der Waals surface area contributed by atoms with E-state index in [1.807, 2.05) is 35.7 Å². The normalized spacial score (nSPS) is 16.5. The van der Waals surface area contributed by atoms with Crippen molar-refractivity contribution in [3.05, 3.63) is 46.2 Å². The van der Waals surface area contributed by atoms with E-state index in [-0.39, 0.29) is 17.2 Å². The summed E-state index contributed by atoms with van der Waals surface area (Å²) >= 11 is 2.98. The zero-order valence-electron chi connectivity index (χ0n) is 15.5. The van der Waals surface area contributed by atoms with Gasteiger partial charge in [-0.1, -0.05) is 6.07 Å². The molecule has 6 nitrogen and oxygen atoms in total. The molecule has 0 radical (unpaired) electrons. The summed E-state index contributed by atoms with van der Waals surface area (Å²) in [5.41, 5.74) is 0.903. The number of thioether (sulfide) groups is 1. The van der Waals surface area contributed by atoms with Gasteiger partial charge in [0, 0.05) is 25.7 Å². The molecule has 27 heavy (non-hydrogen) atoms. The number of amides is 2. The third-order valence-corrected chi connectivity index (χ3v) is 6.52. The Kier molecular flexibility index (Phi) is 6.28. The Morgan fingerprint density at radius 1 is 1.30 bits per heavy atom. The van der Waals surface area contributed by atoms with Crippen molar-refractivity contribution in [2.75, 3.05) is 40.1 Å². The number of carbonyl (C=O) groups is 2. The topological polar surface area (TPSA) is 59.1 Å². The van der Waals surface area contributed by atoms with Gasteiger partial charge in [0.2, 0.25) is 5.91 Å². The van der Waals surface area contributed by atoms with E-state index >= 15 is 0 Å². The van der Waals surface area contributed by atoms with Crippen LogP contribution in [0.1, 0.15) is 20.6 Å². The van der Waals surface area contributed by atoms with E-state index in [0.29, 0.717) is 23.7 Å². The van der Waals surface area contributed by atoms with Crippen LogP contribution >= 0.6 is 23.1 Å². The second-order valence-corrected chi connectivity index (χ2v) is 8.08. The lowest BCUT2D eigenvalue weighted by molar-refractivity contribution is -0.128. The molecule has 0 aliphatic carbocycles. The van der Waals surface area contributed by atoms with Crippen molar-refractivity contribution in [2.24, 2.45) is 0 Å². The molecule has 1 aliphatic heterocycles. The molecule has 1 aromatic heterocycles. The SMILES string of the molecule is COc1ccc(OC)c(C2SCC(=O)N2CCN(C)C(=O)c2cccs2)c1. The van der Waals surface area contributed by atoms with Crippen LogP contribution in [0.15, 0.2) is 35.7 Å². The molecule has 144 valence electrons. The van der Waals surface area contributed by atoms with Crippen LogP contribution in [-0.4, -0.2) is 61.7 Å². The number of hydrogen-bond acceptors (Lipinski definition) is 6. The largest absolute Gasteiger partial charge is 0.497 e. The third kappa shape index (κ3) is 4.22. The van der Waals surface area contributed by atoms with Gasteiger partial charge in [-0.05, 0) is 29.6 Å². The molecule has 0 N–H and O–H groups in total. The minimum atomic E-state index is -0.159. The monoisotopic (exact) mass is 406 g/mol. The molecule has 8 heteroatoms. The molecule has 0 saturated carbocycles. The molecule has 1 saturated heterocycles. The number of ether oxygens (including phenoxy) is 2. The molecular weight excluding hydrogens is 384 g/mol. The summed E-state index contributed by atoms with van der Waals surface area (Å²) in [6, 6.07) is 9.26. The van der Waals surface area contributed by atoms with E-state index < -0.39 is 0 Å². The Balaban J connectivity index is 1.74. The van der Waals surface area contributed by atoms with E-state index in [4.69, 9.17) is 9.47 Å². The molecule has 0 bridgehead atoms. The van der Waals surface area contributed by atoms with Crippen molar-refractivity contribution in [1.82, 2.24) is 9.80 Å². The van der Waals surface area contributed by atoms with Gasteiger partial charge in [0.1, 0.15) is 16.9 Å². The van der Waals surface area contributed by atoms with Crippen LogP contribution in [0.3, 0.4) is 0 Å². The molecule has 3 rings (SSSR count). The number of methoxy groups -OCH3 is 2. The lowest BCUT2D eigenvalue weighted by Crippen LogP contribution is -2.38. The van der Waals surface area contributed by atoms with Gasteiger partial charge in [0.05, 0.1) is 24.8 Å². The smallest absolute Gasteiger partial charge is 0.263 e. The van der Waals surface area contributed by atoms with Gasteiger partial charge in [-0.2, -0.15) is 0 Å². The van der Waals surface area contributed by atoms with E-state index in [0.717, 1.165) is 17.1 Å². The van der Waals surface area contributed by atoms with E-state index in [9.17, 15) is 9.59 Å². The lowest BCUT2D eigenvalue weighted by Gasteiger charge is -2.28. The molecule has 1 fully saturated rings. The standard InChI is InChI=1S/C19H22N2O4S2/c1-20(18(23)16-5-4-10-26-16)8-9-21-17(22)12-27-19(21)14-11-13(24-2)6-7-15(14)25-3/h4-7,10-11,19H,8-9,12H2,1-3H3. The summed E-state index contributed by atoms with van der Waals surface area (Å²) in [6.07, 6.45) is 0. The summed E-state index contributed by atoms with van der Waals surface area (Å²) in [7, 11) is 4.99. The second-order valence-electron chi connectivity index (χ2n) is 6.06. The van der Waals surface area contributed by atoms with E-state index in [1.54, 1.807) is 42.8 Å². The van der Waals surface area contributed by atoms with Gasteiger partial charge < -0.3 is 19.3 Å². The van der Waals surface area contributed by atoms with Gasteiger partial charge in [-0.3, -0.25) is 9.59 Å². The Morgan fingerprint density at radius 3 is 2.78 bits per heavy atom. The van der Waals surface area contributed by atoms with Crippen molar-refractivity contribution < 1.29 is 19.1 Å². The predicted octanol–water partition coefficient (Wildman–Crippen LogP) is 3.11. The number of benzene rings is 1. The highest BCUT2D eigenvalue weighted by Gasteiger charge is 2.35. The average Bonchev–Trinajstić information content (AvgIpc) is 3.35. The maximum atomic E-state index is 12.5. The van der Waals surface area contributed by atoms with Crippen LogP contribution in [-0.2, 0) is 4.79 Å². The summed E-state index contributed by atoms with van der Waals surface area (Å²) in [4.78, 5) is 29.0. The third-order valence-electron chi connectivity index (χ3n) is 4.43. The molecule has 1 unspecified atom stereocenters. The molecule has 0 spiro atoms. The summed E-state index contributed by atoms with van der Waals surface area (Å²) in [5, 5.41) is 1.72. The molecule has 1 aliphatic rings. The Bertz CT molecular complexity index is 810. The zero-order chi connectivity index (χ0) is 19.4. The predicted molar refractivity (Wildman–Crippen MR) is 108 cm³/mol. The maximum Gasteiger partial charge on any atom is 0.263 e. The van der Waals surface area contributed by atoms with Crippen molar-refractivity contribution in [3.63, 3.8) is 0 Å². The molecule has 2 amide bonds. The average molecular weight is 407 g/mol. The van der Waals surface area contributed by atoms with Crippen LogP contribution in [0, 0.1) is 0 Å². The quantitative estimate of drug-likeness (QED) is 0.707. The number of rotatable bonds is 7. The Hall–Kier alpha value is -2.19. The summed E-state index contributed by atoms with van der Waals surface area (Å²) in [5.74, 6) is 1.88. The fourth-order valence-electron chi connectivity index (χ4n) is 2.93. The van der Waals surface area contributed by atoms with Gasteiger partial charge in [-0.15, -0.1) is 23.1 Å². The molecule has 1 atom stereocenters. The maximum absolute atomic E-state index is 12.5. The number of likely N-dealkylation sites (N-methyl/N-ethyl adjacent to an activating group) is 1. The second kappa shape index (κ2) is 8.67. The summed E-state index contributed by atoms with van der Waals surface area (Å²) in [6.45, 7) is 0.927. The van der Waals surface area contributed by atoms with E-state index in [2.05, 4.69) is 0 Å². The highest BCUT2D eigenvalue weighted by atomic mass is 32.2. The first-order valence-electron chi connectivity index (χ1n) is 8.47. The Morgan fingerprint density at radius 2 is 2.11 bits per heavy atom. The first-order valence-corrected chi connectivity index (χ1v) is 10.4. The van der Waals surface area contributed by atoms with Gasteiger partial charge in [0.15, 0.2) is 0 Å². The molecule has 1 aromatic carbocycles. The van der Waals surface area contributed by atoms with Crippen molar-refractivity contribution >= 4 is 34.9 Å². The molecular formula is C19H22N2O4S2. The first-order chi connectivity index (χ1) is 13.0. The van der Waals surface area contributed by atoms with Crippen LogP contribution in [0.2, 0.25) is 0 Å². The van der Waals surface area contributed by atoms with Crippen LogP contribution in [0.25, 0.3) is 0 Å². The van der Waals surface area contributed by atoms with E-state index in [1.165, 1.54) is 11.3 Å². The van der Waals surface area contributed by atoms with Crippen LogP contribution in [0.4, 0.5) is 0 Å². The van der Waals surface area contributed by atoms with Gasteiger partial charge in [-0.25, -0.2) is 0 Å². The first kappa shape index (κ1) is 19.6. The molecule has 2 heterocycles. The lowest BCUT2D eigenvalue weighted by atomic mass is 10.1. The van der Waals surface area contributed by atoms with Crippen LogP contribution < -0.4 is 9.47 Å². The Labute approximate surface area is 167 Å². The van der Waals surface area contributed by atoms with Crippen molar-refractivity contribution in [3.8, 4) is 11.5 Å². The minimum absolute atomic E-state index is 0.0280. The number of nitrogens with zero attached hydrogens (tertiary/aromatic N) is 2. The van der Waals surface area contributed by atoms with Crippen molar-refractivity contribution in [1.29, 1.82) is 0 Å². The van der Waals surface area contributed by atoms with Crippen molar-refractivity contribution in [2.45, 2.75) is 5.37 Å². The highest BCUT2D eigenvalue weighted by Crippen LogP contribution is 2.43. The minimum Gasteiger partial charge on any atom is -0.497 e. The fraction of sp³-hybridized carbons (Fsp3) is 0.368. The number of carbonyl (C=O) groups excluding carboxylic acids is 2. The van der Waals surface area contributed by atoms with Crippen LogP contribution in [0.5, 0.6) is 11.5 Å². The summed E-state index contributed by atoms with van der Waals surface area (Å²) < 4.78 is 10.8. The molecule has 2 aromatic rings. The zero-order valence-corrected chi connectivity index (χ0v) is 17.1. The van der Waals surface area contributed by atoms with Gasteiger partial charge >= 0.3 is 0 Å². The highest BCUT2D eigenvalue weighted by molar-refractivity contribution is 8.00. The number of thiophene rings is 1. The van der Waals surface area contributed by atoms with Gasteiger partial charge in [0.25, 0.3) is 5.91 Å².